The van der Waals surface area contributed by atoms with E-state index in [1.54, 1.807) is 47.3 Å². The molecule has 4 aromatic rings. The summed E-state index contributed by atoms with van der Waals surface area (Å²) < 4.78 is 20.9. The van der Waals surface area contributed by atoms with E-state index >= 15 is 0 Å². The second kappa shape index (κ2) is 9.46. The van der Waals surface area contributed by atoms with E-state index in [9.17, 15) is 9.18 Å². The third-order valence-corrected chi connectivity index (χ3v) is 5.93. The molecular weight excluding hydrogens is 499 g/mol. The highest BCUT2D eigenvalue weighted by Crippen LogP contribution is 2.26. The third kappa shape index (κ3) is 5.07. The molecule has 174 valence electrons. The van der Waals surface area contributed by atoms with Crippen LogP contribution in [0.2, 0.25) is 0 Å². The van der Waals surface area contributed by atoms with Crippen molar-refractivity contribution in [1.29, 1.82) is 0 Å². The fraction of sp³-hybridized carbons (Fsp3) is 0.231. The van der Waals surface area contributed by atoms with Crippen LogP contribution < -0.4 is 10.3 Å². The molecule has 8 heteroatoms. The van der Waals surface area contributed by atoms with E-state index in [0.717, 1.165) is 11.4 Å². The molecule has 0 bridgehead atoms. The molecule has 3 aromatic heterocycles. The van der Waals surface area contributed by atoms with Gasteiger partial charge in [0.1, 0.15) is 28.5 Å². The molecular formula is C26H24BrFN4O2. The lowest BCUT2D eigenvalue weighted by Crippen LogP contribution is -2.22. The van der Waals surface area contributed by atoms with E-state index in [-0.39, 0.29) is 23.4 Å². The molecule has 0 saturated carbocycles. The van der Waals surface area contributed by atoms with Crippen molar-refractivity contribution in [3.05, 3.63) is 98.7 Å². The molecule has 34 heavy (non-hydrogen) atoms. The van der Waals surface area contributed by atoms with Gasteiger partial charge in [-0.1, -0.05) is 32.9 Å². The molecule has 4 rings (SSSR count). The van der Waals surface area contributed by atoms with Gasteiger partial charge in [-0.25, -0.2) is 14.4 Å². The first-order valence-corrected chi connectivity index (χ1v) is 11.5. The zero-order chi connectivity index (χ0) is 24.5. The summed E-state index contributed by atoms with van der Waals surface area (Å²) in [4.78, 5) is 26.7. The highest BCUT2D eigenvalue weighted by Gasteiger charge is 2.19. The van der Waals surface area contributed by atoms with Gasteiger partial charge in [-0.05, 0) is 58.7 Å². The second-order valence-corrected chi connectivity index (χ2v) is 9.73. The second-order valence-electron chi connectivity index (χ2n) is 8.93. The zero-order valence-corrected chi connectivity index (χ0v) is 20.9. The largest absolute Gasteiger partial charge is 0.487 e. The summed E-state index contributed by atoms with van der Waals surface area (Å²) in [7, 11) is 0. The van der Waals surface area contributed by atoms with Crippen molar-refractivity contribution in [3.63, 3.8) is 0 Å². The highest BCUT2D eigenvalue weighted by atomic mass is 79.9. The quantitative estimate of drug-likeness (QED) is 0.332. The minimum Gasteiger partial charge on any atom is -0.487 e. The monoisotopic (exact) mass is 522 g/mol. The summed E-state index contributed by atoms with van der Waals surface area (Å²) >= 11 is 3.39. The lowest BCUT2D eigenvalue weighted by atomic mass is 9.95. The zero-order valence-electron chi connectivity index (χ0n) is 19.3. The van der Waals surface area contributed by atoms with Crippen molar-refractivity contribution in [3.8, 4) is 22.8 Å². The number of pyridine rings is 2. The molecule has 0 aliphatic carbocycles. The number of hydrogen-bond acceptors (Lipinski definition) is 5. The normalized spacial score (nSPS) is 11.5. The molecule has 0 spiro atoms. The van der Waals surface area contributed by atoms with Crippen molar-refractivity contribution in [2.75, 3.05) is 0 Å². The van der Waals surface area contributed by atoms with Crippen LogP contribution in [0.15, 0.2) is 70.2 Å². The Balaban J connectivity index is 1.67. The van der Waals surface area contributed by atoms with Gasteiger partial charge in [0.05, 0.1) is 17.1 Å². The molecule has 0 N–H and O–H groups in total. The number of benzene rings is 1. The summed E-state index contributed by atoms with van der Waals surface area (Å²) in [6.45, 7) is 8.20. The maximum Gasteiger partial charge on any atom is 0.273 e. The Kier molecular flexibility index (Phi) is 6.61. The number of ether oxygens (including phenoxy) is 1. The number of hydrogen-bond donors (Lipinski definition) is 0. The lowest BCUT2D eigenvalue weighted by molar-refractivity contribution is 0.302. The average molecular weight is 523 g/mol. The van der Waals surface area contributed by atoms with Gasteiger partial charge in [-0.3, -0.25) is 14.3 Å². The molecule has 0 atom stereocenters. The molecule has 3 heterocycles. The van der Waals surface area contributed by atoms with E-state index in [0.29, 0.717) is 33.0 Å². The summed E-state index contributed by atoms with van der Waals surface area (Å²) in [6, 6.07) is 13.2. The molecule has 6 nitrogen and oxygen atoms in total. The maximum atomic E-state index is 13.2. The van der Waals surface area contributed by atoms with Gasteiger partial charge in [0, 0.05) is 29.6 Å². The van der Waals surface area contributed by atoms with Crippen molar-refractivity contribution in [1.82, 2.24) is 19.5 Å². The van der Waals surface area contributed by atoms with Crippen molar-refractivity contribution < 1.29 is 9.13 Å². The average Bonchev–Trinajstić information content (AvgIpc) is 2.81. The minimum atomic E-state index is -0.309. The number of aryl methyl sites for hydroxylation is 1. The first kappa shape index (κ1) is 23.8. The van der Waals surface area contributed by atoms with Crippen LogP contribution in [-0.4, -0.2) is 19.5 Å². The van der Waals surface area contributed by atoms with Crippen LogP contribution in [0.4, 0.5) is 4.39 Å². The van der Waals surface area contributed by atoms with Gasteiger partial charge in [-0.15, -0.1) is 0 Å². The molecule has 1 aromatic carbocycles. The van der Waals surface area contributed by atoms with Gasteiger partial charge in [-0.2, -0.15) is 0 Å². The molecule has 0 unspecified atom stereocenters. The smallest absolute Gasteiger partial charge is 0.273 e. The lowest BCUT2D eigenvalue weighted by Gasteiger charge is -2.17. The van der Waals surface area contributed by atoms with E-state index in [2.05, 4.69) is 51.7 Å². The van der Waals surface area contributed by atoms with Crippen LogP contribution in [-0.2, 0) is 12.0 Å². The Morgan fingerprint density at radius 2 is 1.71 bits per heavy atom. The fourth-order valence-corrected chi connectivity index (χ4v) is 3.82. The van der Waals surface area contributed by atoms with Crippen molar-refractivity contribution >= 4 is 15.9 Å². The fourth-order valence-electron chi connectivity index (χ4n) is 3.41. The van der Waals surface area contributed by atoms with Crippen LogP contribution in [0.3, 0.4) is 0 Å². The topological polar surface area (TPSA) is 69.9 Å². The number of aromatic nitrogens is 4. The Morgan fingerprint density at radius 3 is 2.41 bits per heavy atom. The van der Waals surface area contributed by atoms with E-state index in [4.69, 9.17) is 4.74 Å². The van der Waals surface area contributed by atoms with E-state index < -0.39 is 0 Å². The Bertz CT molecular complexity index is 1400. The summed E-state index contributed by atoms with van der Waals surface area (Å²) in [5.41, 5.74) is 3.02. The number of nitrogens with zero attached hydrogens (tertiary/aromatic N) is 4. The number of halogens is 2. The molecule has 0 aliphatic heterocycles. The first-order chi connectivity index (χ1) is 16.1. The predicted molar refractivity (Wildman–Crippen MR) is 133 cm³/mol. The minimum absolute atomic E-state index is 0.199. The van der Waals surface area contributed by atoms with Crippen molar-refractivity contribution in [2.45, 2.75) is 39.7 Å². The molecule has 0 radical (unpaired) electrons. The van der Waals surface area contributed by atoms with Crippen LogP contribution in [0.25, 0.3) is 17.1 Å². The third-order valence-electron chi connectivity index (χ3n) is 5.20. The summed E-state index contributed by atoms with van der Waals surface area (Å²) in [5, 5.41) is 0. The Hall–Kier alpha value is -3.39. The molecule has 0 aliphatic rings. The van der Waals surface area contributed by atoms with Gasteiger partial charge >= 0.3 is 0 Å². The van der Waals surface area contributed by atoms with Gasteiger partial charge < -0.3 is 4.74 Å². The highest BCUT2D eigenvalue weighted by molar-refractivity contribution is 9.10. The van der Waals surface area contributed by atoms with Crippen LogP contribution >= 0.6 is 15.9 Å². The van der Waals surface area contributed by atoms with Crippen LogP contribution in [0.1, 0.15) is 37.9 Å². The van der Waals surface area contributed by atoms with Crippen molar-refractivity contribution in [2.24, 2.45) is 0 Å². The number of rotatable bonds is 5. The Morgan fingerprint density at radius 1 is 1.00 bits per heavy atom. The first-order valence-electron chi connectivity index (χ1n) is 10.7. The maximum absolute atomic E-state index is 13.2. The van der Waals surface area contributed by atoms with E-state index in [1.165, 1.54) is 12.1 Å². The van der Waals surface area contributed by atoms with Crippen LogP contribution in [0.5, 0.6) is 5.75 Å². The molecule has 0 saturated heterocycles. The van der Waals surface area contributed by atoms with E-state index in [1.807, 2.05) is 13.0 Å². The summed E-state index contributed by atoms with van der Waals surface area (Å²) in [5.74, 6) is 0.829. The summed E-state index contributed by atoms with van der Waals surface area (Å²) in [6.07, 6.45) is 3.38. The predicted octanol–water partition coefficient (Wildman–Crippen LogP) is 5.78. The molecule has 0 amide bonds. The van der Waals surface area contributed by atoms with Gasteiger partial charge in [0.15, 0.2) is 0 Å². The van der Waals surface area contributed by atoms with Gasteiger partial charge in [0.2, 0.25) is 0 Å². The van der Waals surface area contributed by atoms with Gasteiger partial charge in [0.25, 0.3) is 5.56 Å². The Labute approximate surface area is 205 Å². The SMILES string of the molecule is Cc1cc(OCc2ccc(F)cc2)c(Br)c(=O)n1-c1ccnc(-c2ccnc(C(C)(C)C)n2)c1. The van der Waals surface area contributed by atoms with Crippen LogP contribution in [0, 0.1) is 12.7 Å². The molecule has 0 fully saturated rings. The standard InChI is InChI=1S/C26H24BrFN4O2/c1-16-13-22(34-15-17-5-7-18(28)8-6-17)23(27)24(33)32(16)19-9-11-29-21(14-19)20-10-12-30-25(31-20)26(2,3)4/h5-14H,15H2,1-4H3.